The second-order valence-electron chi connectivity index (χ2n) is 5.62. The van der Waals surface area contributed by atoms with Gasteiger partial charge in [-0.05, 0) is 53.4 Å². The van der Waals surface area contributed by atoms with Crippen LogP contribution in [0.25, 0.3) is 0 Å². The van der Waals surface area contributed by atoms with Crippen molar-refractivity contribution in [1.29, 1.82) is 0 Å². The minimum absolute atomic E-state index is 0.153. The molecule has 0 saturated carbocycles. The molecule has 2 nitrogen and oxygen atoms in total. The number of hydrazone groups is 1. The van der Waals surface area contributed by atoms with E-state index in [4.69, 9.17) is 28.3 Å². The molecular formula is C19H14Cl2N2S. The van der Waals surface area contributed by atoms with Crippen LogP contribution in [0.2, 0.25) is 10.0 Å². The van der Waals surface area contributed by atoms with Crippen LogP contribution in [0.5, 0.6) is 0 Å². The summed E-state index contributed by atoms with van der Waals surface area (Å²) in [5.41, 5.74) is 3.34. The van der Waals surface area contributed by atoms with E-state index in [2.05, 4.69) is 34.7 Å². The van der Waals surface area contributed by atoms with Gasteiger partial charge in [-0.2, -0.15) is 5.10 Å². The Labute approximate surface area is 155 Å². The van der Waals surface area contributed by atoms with Crippen molar-refractivity contribution in [2.24, 2.45) is 5.10 Å². The molecule has 2 heterocycles. The summed E-state index contributed by atoms with van der Waals surface area (Å²) in [5, 5.41) is 10.5. The Morgan fingerprint density at radius 2 is 1.58 bits per heavy atom. The zero-order valence-corrected chi connectivity index (χ0v) is 15.0. The monoisotopic (exact) mass is 372 g/mol. The molecule has 1 aromatic heterocycles. The third-order valence-electron chi connectivity index (χ3n) is 4.06. The van der Waals surface area contributed by atoms with Gasteiger partial charge in [-0.1, -0.05) is 41.4 Å². The Hall–Kier alpha value is -1.81. The molecule has 1 atom stereocenters. The Morgan fingerprint density at radius 1 is 0.917 bits per heavy atom. The number of benzene rings is 2. The van der Waals surface area contributed by atoms with Crippen molar-refractivity contribution in [3.05, 3.63) is 86.5 Å². The van der Waals surface area contributed by atoms with Gasteiger partial charge in [-0.3, -0.25) is 5.01 Å². The second kappa shape index (κ2) is 6.60. The molecule has 5 heteroatoms. The summed E-state index contributed by atoms with van der Waals surface area (Å²) >= 11 is 13.8. The fourth-order valence-corrected chi connectivity index (χ4v) is 3.85. The number of thiophene rings is 1. The fourth-order valence-electron chi connectivity index (χ4n) is 2.88. The van der Waals surface area contributed by atoms with Crippen molar-refractivity contribution in [3.63, 3.8) is 0 Å². The first-order chi connectivity index (χ1) is 11.7. The van der Waals surface area contributed by atoms with Crippen molar-refractivity contribution in [2.45, 2.75) is 12.5 Å². The van der Waals surface area contributed by atoms with E-state index in [9.17, 15) is 0 Å². The average molecular weight is 373 g/mol. The van der Waals surface area contributed by atoms with E-state index in [1.54, 1.807) is 11.3 Å². The first kappa shape index (κ1) is 15.7. The van der Waals surface area contributed by atoms with Crippen LogP contribution in [-0.4, -0.2) is 5.71 Å². The molecule has 2 aromatic carbocycles. The highest BCUT2D eigenvalue weighted by molar-refractivity contribution is 7.12. The maximum absolute atomic E-state index is 6.04. The lowest BCUT2D eigenvalue weighted by Crippen LogP contribution is -2.18. The predicted octanol–water partition coefficient (Wildman–Crippen LogP) is 6.41. The first-order valence-corrected chi connectivity index (χ1v) is 9.26. The second-order valence-corrected chi connectivity index (χ2v) is 7.44. The standard InChI is InChI=1S/C19H14Cl2N2S/c20-14-5-3-13(4-6-14)18-12-17(19-2-1-11-24-19)22-23(18)16-9-7-15(21)8-10-16/h1-11,18H,12H2/t18-/m0/s1. The molecule has 4 rings (SSSR count). The molecule has 0 N–H and O–H groups in total. The van der Waals surface area contributed by atoms with Crippen LogP contribution in [0.15, 0.2) is 71.1 Å². The Morgan fingerprint density at radius 3 is 2.21 bits per heavy atom. The molecule has 0 unspecified atom stereocenters. The predicted molar refractivity (Wildman–Crippen MR) is 104 cm³/mol. The van der Waals surface area contributed by atoms with E-state index in [1.807, 2.05) is 36.4 Å². The van der Waals surface area contributed by atoms with Crippen molar-refractivity contribution in [2.75, 3.05) is 5.01 Å². The van der Waals surface area contributed by atoms with E-state index >= 15 is 0 Å². The van der Waals surface area contributed by atoms with Gasteiger partial charge in [0.2, 0.25) is 0 Å². The number of nitrogens with zero attached hydrogens (tertiary/aromatic N) is 2. The summed E-state index contributed by atoms with van der Waals surface area (Å²) in [6, 6.07) is 20.1. The zero-order chi connectivity index (χ0) is 16.5. The van der Waals surface area contributed by atoms with Gasteiger partial charge in [0.05, 0.1) is 22.3 Å². The highest BCUT2D eigenvalue weighted by Crippen LogP contribution is 2.37. The molecule has 1 aliphatic heterocycles. The third kappa shape index (κ3) is 3.07. The molecule has 0 bridgehead atoms. The Kier molecular flexibility index (Phi) is 4.31. The quantitative estimate of drug-likeness (QED) is 0.518. The smallest absolute Gasteiger partial charge is 0.0832 e. The van der Waals surface area contributed by atoms with E-state index in [-0.39, 0.29) is 6.04 Å². The molecule has 0 saturated heterocycles. The van der Waals surface area contributed by atoms with Crippen molar-refractivity contribution in [1.82, 2.24) is 0 Å². The van der Waals surface area contributed by atoms with Gasteiger partial charge in [-0.15, -0.1) is 11.3 Å². The summed E-state index contributed by atoms with van der Waals surface area (Å²) in [7, 11) is 0. The molecule has 3 aromatic rings. The SMILES string of the molecule is Clc1ccc([C@@H]2CC(c3cccs3)=NN2c2ccc(Cl)cc2)cc1. The van der Waals surface area contributed by atoms with E-state index in [0.717, 1.165) is 27.9 Å². The van der Waals surface area contributed by atoms with E-state index in [1.165, 1.54) is 10.4 Å². The van der Waals surface area contributed by atoms with Gasteiger partial charge in [0.1, 0.15) is 0 Å². The largest absolute Gasteiger partial charge is 0.257 e. The molecule has 0 spiro atoms. The normalized spacial score (nSPS) is 17.2. The van der Waals surface area contributed by atoms with Crippen LogP contribution in [0, 0.1) is 0 Å². The summed E-state index contributed by atoms with van der Waals surface area (Å²) in [6.45, 7) is 0. The number of halogens is 2. The highest BCUT2D eigenvalue weighted by Gasteiger charge is 2.30. The third-order valence-corrected chi connectivity index (χ3v) is 5.48. The van der Waals surface area contributed by atoms with Crippen LogP contribution in [-0.2, 0) is 0 Å². The van der Waals surface area contributed by atoms with Crippen LogP contribution >= 0.6 is 34.5 Å². The van der Waals surface area contributed by atoms with Crippen molar-refractivity contribution < 1.29 is 0 Å². The maximum Gasteiger partial charge on any atom is 0.0832 e. The molecule has 1 aliphatic rings. The van der Waals surface area contributed by atoms with Gasteiger partial charge < -0.3 is 0 Å². The van der Waals surface area contributed by atoms with Crippen LogP contribution in [0.4, 0.5) is 5.69 Å². The van der Waals surface area contributed by atoms with Crippen molar-refractivity contribution >= 4 is 45.9 Å². The van der Waals surface area contributed by atoms with Gasteiger partial charge in [0, 0.05) is 16.5 Å². The first-order valence-electron chi connectivity index (χ1n) is 7.62. The summed E-state index contributed by atoms with van der Waals surface area (Å²) in [5.74, 6) is 0. The minimum Gasteiger partial charge on any atom is -0.257 e. The number of hydrogen-bond donors (Lipinski definition) is 0. The number of anilines is 1. The Balaban J connectivity index is 1.74. The van der Waals surface area contributed by atoms with Gasteiger partial charge in [-0.25, -0.2) is 0 Å². The van der Waals surface area contributed by atoms with Crippen molar-refractivity contribution in [3.8, 4) is 0 Å². The van der Waals surface area contributed by atoms with Gasteiger partial charge >= 0.3 is 0 Å². The fraction of sp³-hybridized carbons (Fsp3) is 0.105. The topological polar surface area (TPSA) is 15.6 Å². The summed E-state index contributed by atoms with van der Waals surface area (Å²) < 4.78 is 0. The number of hydrogen-bond acceptors (Lipinski definition) is 3. The molecule has 0 fully saturated rings. The summed E-state index contributed by atoms with van der Waals surface area (Å²) in [6.07, 6.45) is 0.866. The molecule has 0 amide bonds. The van der Waals surface area contributed by atoms with E-state index < -0.39 is 0 Å². The van der Waals surface area contributed by atoms with E-state index in [0.29, 0.717) is 0 Å². The number of rotatable bonds is 3. The van der Waals surface area contributed by atoms with Crippen LogP contribution < -0.4 is 5.01 Å². The maximum atomic E-state index is 6.04. The minimum atomic E-state index is 0.153. The Bertz CT molecular complexity index is 855. The highest BCUT2D eigenvalue weighted by atomic mass is 35.5. The lowest BCUT2D eigenvalue weighted by Gasteiger charge is -2.24. The summed E-state index contributed by atoms with van der Waals surface area (Å²) in [4.78, 5) is 1.21. The average Bonchev–Trinajstić information content (AvgIpc) is 3.26. The van der Waals surface area contributed by atoms with Gasteiger partial charge in [0.15, 0.2) is 0 Å². The lowest BCUT2D eigenvalue weighted by atomic mass is 10.0. The molecule has 0 aliphatic carbocycles. The molecule has 120 valence electrons. The molecule has 24 heavy (non-hydrogen) atoms. The molecular weight excluding hydrogens is 359 g/mol. The van der Waals surface area contributed by atoms with Gasteiger partial charge in [0.25, 0.3) is 0 Å². The molecule has 0 radical (unpaired) electrons. The van der Waals surface area contributed by atoms with Crippen LogP contribution in [0.1, 0.15) is 22.9 Å². The lowest BCUT2D eigenvalue weighted by molar-refractivity contribution is 0.709. The zero-order valence-electron chi connectivity index (χ0n) is 12.7. The van der Waals surface area contributed by atoms with Crippen LogP contribution in [0.3, 0.4) is 0 Å².